The normalized spacial score (nSPS) is 10.4. The number of ether oxygens (including phenoxy) is 1. The van der Waals surface area contributed by atoms with Crippen LogP contribution in [0.5, 0.6) is 5.75 Å². The highest BCUT2D eigenvalue weighted by Gasteiger charge is 2.25. The first-order valence-corrected chi connectivity index (χ1v) is 5.82. The molecule has 0 unspecified atom stereocenters. The number of nitrogens with zero attached hydrogens (tertiary/aromatic N) is 3. The summed E-state index contributed by atoms with van der Waals surface area (Å²) in [7, 11) is 0. The van der Waals surface area contributed by atoms with Gasteiger partial charge in [-0.15, -0.1) is 5.10 Å². The summed E-state index contributed by atoms with van der Waals surface area (Å²) in [6.45, 7) is 0. The number of nitro groups is 1. The number of alkyl halides is 1. The maximum atomic E-state index is 11.1. The minimum atomic E-state index is -0.692. The lowest BCUT2D eigenvalue weighted by Crippen LogP contribution is -2.10. The lowest BCUT2D eigenvalue weighted by atomic mass is 10.2. The average Bonchev–Trinajstić information content (AvgIpc) is 2.75. The first kappa shape index (κ1) is 11.7. The van der Waals surface area contributed by atoms with E-state index in [1.165, 1.54) is 12.1 Å². The number of carbonyl (C=O) groups is 1. The molecule has 2 rings (SSSR count). The van der Waals surface area contributed by atoms with Gasteiger partial charge in [0.05, 0.1) is 9.35 Å². The van der Waals surface area contributed by atoms with E-state index >= 15 is 0 Å². The molecule has 1 aromatic carbocycles. The number of hydrogen-bond acceptors (Lipinski definition) is 7. The van der Waals surface area contributed by atoms with E-state index in [0.29, 0.717) is 0 Å². The van der Waals surface area contributed by atoms with Crippen molar-refractivity contribution >= 4 is 45.3 Å². The number of hydrogen-bond donors (Lipinski definition) is 0. The quantitative estimate of drug-likeness (QED) is 0.206. The maximum Gasteiger partial charge on any atom is 0.343 e. The number of carbonyl (C=O) groups excluding carboxylic acids is 1. The van der Waals surface area contributed by atoms with Gasteiger partial charge < -0.3 is 9.26 Å². The Labute approximate surface area is 107 Å². The highest BCUT2D eigenvalue weighted by atomic mass is 127. The molecule has 0 aliphatic rings. The van der Waals surface area contributed by atoms with Crippen molar-refractivity contribution in [3.8, 4) is 5.75 Å². The predicted molar refractivity (Wildman–Crippen MR) is 63.0 cm³/mol. The number of nitro benzene ring substituents is 1. The summed E-state index contributed by atoms with van der Waals surface area (Å²) in [5.74, 6) is -0.746. The van der Waals surface area contributed by atoms with Crippen LogP contribution in [0.4, 0.5) is 5.69 Å². The van der Waals surface area contributed by atoms with Crippen LogP contribution in [0.1, 0.15) is 0 Å². The molecule has 17 heavy (non-hydrogen) atoms. The van der Waals surface area contributed by atoms with Gasteiger partial charge in [-0.25, -0.2) is 0 Å². The van der Waals surface area contributed by atoms with Crippen molar-refractivity contribution < 1.29 is 19.0 Å². The Kier molecular flexibility index (Phi) is 3.17. The zero-order chi connectivity index (χ0) is 12.4. The molecular weight excluding hydrogens is 345 g/mol. The van der Waals surface area contributed by atoms with Crippen molar-refractivity contribution in [3.63, 3.8) is 0 Å². The largest absolute Gasteiger partial charge is 0.418 e. The van der Waals surface area contributed by atoms with Gasteiger partial charge in [-0.3, -0.25) is 14.9 Å². The number of benzene rings is 1. The standard InChI is InChI=1S/C8H4IN3O5/c9-3-6(13)16-5-2-1-4-7(10-11-17-4)8(5)12(14)15/h1-2H,3H2. The topological polar surface area (TPSA) is 108 Å². The Balaban J connectivity index is 2.58. The summed E-state index contributed by atoms with van der Waals surface area (Å²) in [6.07, 6.45) is 0. The van der Waals surface area contributed by atoms with Gasteiger partial charge >= 0.3 is 11.7 Å². The summed E-state index contributed by atoms with van der Waals surface area (Å²) in [6, 6.07) is 2.68. The fourth-order valence-electron chi connectivity index (χ4n) is 1.23. The van der Waals surface area contributed by atoms with Crippen LogP contribution in [-0.4, -0.2) is 25.7 Å². The Morgan fingerprint density at radius 1 is 1.59 bits per heavy atom. The second-order valence-corrected chi connectivity index (χ2v) is 3.66. The molecule has 1 heterocycles. The molecule has 0 fully saturated rings. The number of rotatable bonds is 3. The van der Waals surface area contributed by atoms with E-state index in [-0.39, 0.29) is 21.3 Å². The van der Waals surface area contributed by atoms with E-state index < -0.39 is 16.6 Å². The summed E-state index contributed by atoms with van der Waals surface area (Å²) in [5, 5.41) is 17.6. The molecule has 8 nitrogen and oxygen atoms in total. The molecule has 0 aliphatic heterocycles. The van der Waals surface area contributed by atoms with Gasteiger partial charge in [0.25, 0.3) is 0 Å². The Bertz CT molecular complexity index is 596. The zero-order valence-electron chi connectivity index (χ0n) is 8.12. The van der Waals surface area contributed by atoms with Crippen LogP contribution >= 0.6 is 22.6 Å². The SMILES string of the molecule is O=C(CI)Oc1ccc2onnc2c1[N+](=O)[O-]. The smallest absolute Gasteiger partial charge is 0.343 e. The number of aromatic nitrogens is 2. The molecule has 9 heteroatoms. The van der Waals surface area contributed by atoms with Crippen LogP contribution in [0, 0.1) is 10.1 Å². The van der Waals surface area contributed by atoms with Gasteiger partial charge in [-0.05, 0) is 12.1 Å². The molecule has 0 spiro atoms. The molecule has 0 radical (unpaired) electrons. The number of halogens is 1. The summed E-state index contributed by atoms with van der Waals surface area (Å²) in [5.41, 5.74) is -0.318. The fraction of sp³-hybridized carbons (Fsp3) is 0.125. The zero-order valence-corrected chi connectivity index (χ0v) is 10.3. The highest BCUT2D eigenvalue weighted by molar-refractivity contribution is 14.1. The van der Waals surface area contributed by atoms with Gasteiger partial charge in [-0.2, -0.15) is 0 Å². The molecule has 0 N–H and O–H groups in total. The number of esters is 1. The predicted octanol–water partition coefficient (Wildman–Crippen LogP) is 1.47. The Hall–Kier alpha value is -1.78. The lowest BCUT2D eigenvalue weighted by molar-refractivity contribution is -0.384. The van der Waals surface area contributed by atoms with Crippen molar-refractivity contribution in [1.29, 1.82) is 0 Å². The van der Waals surface area contributed by atoms with E-state index in [9.17, 15) is 14.9 Å². The van der Waals surface area contributed by atoms with Gasteiger partial charge in [-0.1, -0.05) is 22.6 Å². The summed E-state index contributed by atoms with van der Waals surface area (Å²) >= 11 is 1.80. The second-order valence-electron chi connectivity index (χ2n) is 2.90. The van der Waals surface area contributed by atoms with Crippen molar-refractivity contribution in [2.24, 2.45) is 0 Å². The van der Waals surface area contributed by atoms with Crippen LogP contribution in [0.25, 0.3) is 11.1 Å². The third-order valence-corrected chi connectivity index (χ3v) is 2.50. The van der Waals surface area contributed by atoms with Crippen molar-refractivity contribution in [2.75, 3.05) is 4.43 Å². The van der Waals surface area contributed by atoms with Crippen LogP contribution in [0.3, 0.4) is 0 Å². The van der Waals surface area contributed by atoms with Gasteiger partial charge in [0.1, 0.15) is 0 Å². The molecule has 0 aliphatic carbocycles. The minimum Gasteiger partial charge on any atom is -0.418 e. The molecule has 0 saturated heterocycles. The molecule has 0 atom stereocenters. The molecule has 2 aromatic rings. The minimum absolute atomic E-state index is 0.0474. The van der Waals surface area contributed by atoms with Gasteiger partial charge in [0.2, 0.25) is 11.3 Å². The lowest BCUT2D eigenvalue weighted by Gasteiger charge is -2.02. The maximum absolute atomic E-state index is 11.1. The molecule has 0 amide bonds. The molecular formula is C8H4IN3O5. The Morgan fingerprint density at radius 2 is 2.35 bits per heavy atom. The Morgan fingerprint density at radius 3 is 3.00 bits per heavy atom. The van der Waals surface area contributed by atoms with Crippen LogP contribution in [-0.2, 0) is 4.79 Å². The van der Waals surface area contributed by atoms with Crippen molar-refractivity contribution in [1.82, 2.24) is 10.4 Å². The van der Waals surface area contributed by atoms with Crippen molar-refractivity contribution in [3.05, 3.63) is 22.2 Å². The summed E-state index contributed by atoms with van der Waals surface area (Å²) < 4.78 is 9.61. The molecule has 0 bridgehead atoms. The monoisotopic (exact) mass is 349 g/mol. The highest BCUT2D eigenvalue weighted by Crippen LogP contribution is 2.33. The number of fused-ring (bicyclic) bond motifs is 1. The first-order chi connectivity index (χ1) is 8.13. The van der Waals surface area contributed by atoms with E-state index in [2.05, 4.69) is 14.9 Å². The van der Waals surface area contributed by atoms with E-state index in [4.69, 9.17) is 4.74 Å². The average molecular weight is 349 g/mol. The first-order valence-electron chi connectivity index (χ1n) is 4.29. The van der Waals surface area contributed by atoms with Crippen LogP contribution in [0.15, 0.2) is 16.7 Å². The summed E-state index contributed by atoms with van der Waals surface area (Å²) in [4.78, 5) is 21.3. The van der Waals surface area contributed by atoms with E-state index in [1.54, 1.807) is 22.6 Å². The third kappa shape index (κ3) is 2.18. The molecule has 1 aromatic heterocycles. The fourth-order valence-corrected chi connectivity index (χ4v) is 1.38. The van der Waals surface area contributed by atoms with E-state index in [1.807, 2.05) is 0 Å². The van der Waals surface area contributed by atoms with Crippen LogP contribution in [0.2, 0.25) is 0 Å². The molecule has 88 valence electrons. The second kappa shape index (κ2) is 4.61. The van der Waals surface area contributed by atoms with E-state index in [0.717, 1.165) is 0 Å². The van der Waals surface area contributed by atoms with Gasteiger partial charge in [0.15, 0.2) is 5.58 Å². The van der Waals surface area contributed by atoms with Crippen LogP contribution < -0.4 is 4.74 Å². The molecule has 0 saturated carbocycles. The third-order valence-electron chi connectivity index (χ3n) is 1.87. The van der Waals surface area contributed by atoms with Crippen molar-refractivity contribution in [2.45, 2.75) is 0 Å². The van der Waals surface area contributed by atoms with Gasteiger partial charge in [0, 0.05) is 5.27 Å².